The summed E-state index contributed by atoms with van der Waals surface area (Å²) in [6, 6.07) is 0.255. The average Bonchev–Trinajstić information content (AvgIpc) is 2.76. The number of likely N-dealkylation sites (tertiary alicyclic amines) is 1. The number of aromatic nitrogens is 1. The third-order valence-electron chi connectivity index (χ3n) is 3.33. The van der Waals surface area contributed by atoms with Crippen molar-refractivity contribution in [2.24, 2.45) is 5.73 Å². The van der Waals surface area contributed by atoms with Crippen LogP contribution in [0.5, 0.6) is 0 Å². The number of carbonyl (C=O) groups excluding carboxylic acids is 1. The Bertz CT molecular complexity index is 387. The molecule has 2 N–H and O–H groups in total. The van der Waals surface area contributed by atoms with E-state index in [9.17, 15) is 4.79 Å². The average molecular weight is 237 g/mol. The Morgan fingerprint density at radius 3 is 3.12 bits per heavy atom. The molecule has 1 aliphatic rings. The first-order valence-electron chi connectivity index (χ1n) is 6.15. The Kier molecular flexibility index (Phi) is 3.78. The molecule has 0 bridgehead atoms. The van der Waals surface area contributed by atoms with E-state index >= 15 is 0 Å². The lowest BCUT2D eigenvalue weighted by Crippen LogP contribution is -2.44. The lowest BCUT2D eigenvalue weighted by atomic mass is 9.99. The first-order chi connectivity index (χ1) is 8.24. The van der Waals surface area contributed by atoms with Gasteiger partial charge in [0.15, 0.2) is 6.39 Å². The molecule has 5 nitrogen and oxygen atoms in total. The molecule has 1 amide bonds. The van der Waals surface area contributed by atoms with Crippen LogP contribution in [-0.4, -0.2) is 34.9 Å². The molecular formula is C12H19N3O2. The Balaban J connectivity index is 2.14. The van der Waals surface area contributed by atoms with Crippen molar-refractivity contribution in [3.05, 3.63) is 17.8 Å². The molecule has 0 spiro atoms. The maximum absolute atomic E-state index is 12.3. The molecule has 94 valence electrons. The van der Waals surface area contributed by atoms with E-state index in [4.69, 9.17) is 10.2 Å². The predicted octanol–water partition coefficient (Wildman–Crippen LogP) is 1.33. The minimum atomic E-state index is -0.0434. The van der Waals surface area contributed by atoms with Crippen LogP contribution in [0.3, 0.4) is 0 Å². The van der Waals surface area contributed by atoms with Gasteiger partial charge in [0.05, 0.1) is 5.69 Å². The van der Waals surface area contributed by atoms with Gasteiger partial charge in [-0.1, -0.05) is 0 Å². The summed E-state index contributed by atoms with van der Waals surface area (Å²) in [4.78, 5) is 18.2. The molecule has 1 unspecified atom stereocenters. The largest absolute Gasteiger partial charge is 0.438 e. The van der Waals surface area contributed by atoms with E-state index in [2.05, 4.69) is 4.98 Å². The topological polar surface area (TPSA) is 72.4 Å². The van der Waals surface area contributed by atoms with Crippen molar-refractivity contribution in [1.29, 1.82) is 0 Å². The number of hydrogen-bond acceptors (Lipinski definition) is 4. The molecule has 1 atom stereocenters. The number of oxazole rings is 1. The summed E-state index contributed by atoms with van der Waals surface area (Å²) in [5.74, 6) is 0.326. The maximum atomic E-state index is 12.3. The van der Waals surface area contributed by atoms with Gasteiger partial charge in [-0.05, 0) is 39.2 Å². The number of nitrogens with two attached hydrogens (primary N) is 1. The summed E-state index contributed by atoms with van der Waals surface area (Å²) in [6.45, 7) is 3.20. The molecule has 2 rings (SSSR count). The molecule has 1 aromatic rings. The first kappa shape index (κ1) is 12.1. The second-order valence-corrected chi connectivity index (χ2v) is 4.49. The minimum absolute atomic E-state index is 0.0434. The van der Waals surface area contributed by atoms with Gasteiger partial charge in [-0.25, -0.2) is 4.98 Å². The summed E-state index contributed by atoms with van der Waals surface area (Å²) >= 11 is 0. The lowest BCUT2D eigenvalue weighted by Gasteiger charge is -2.35. The second kappa shape index (κ2) is 5.31. The van der Waals surface area contributed by atoms with E-state index in [-0.39, 0.29) is 11.9 Å². The van der Waals surface area contributed by atoms with Crippen molar-refractivity contribution >= 4 is 5.91 Å². The minimum Gasteiger partial charge on any atom is -0.438 e. The highest BCUT2D eigenvalue weighted by Crippen LogP contribution is 2.22. The molecule has 2 heterocycles. The monoisotopic (exact) mass is 237 g/mol. The van der Waals surface area contributed by atoms with Crippen LogP contribution < -0.4 is 5.73 Å². The van der Waals surface area contributed by atoms with Crippen molar-refractivity contribution in [2.45, 2.75) is 38.6 Å². The van der Waals surface area contributed by atoms with Crippen LogP contribution in [0.1, 0.15) is 41.9 Å². The van der Waals surface area contributed by atoms with E-state index in [0.717, 1.165) is 25.8 Å². The van der Waals surface area contributed by atoms with Gasteiger partial charge in [0, 0.05) is 12.6 Å². The third-order valence-corrected chi connectivity index (χ3v) is 3.33. The number of hydrogen-bond donors (Lipinski definition) is 1. The highest BCUT2D eigenvalue weighted by molar-refractivity contribution is 5.92. The first-order valence-corrected chi connectivity index (χ1v) is 6.15. The van der Waals surface area contributed by atoms with E-state index in [0.29, 0.717) is 18.0 Å². The van der Waals surface area contributed by atoms with Crippen molar-refractivity contribution in [2.75, 3.05) is 13.1 Å². The Labute approximate surface area is 101 Å². The molecule has 0 aliphatic carbocycles. The van der Waals surface area contributed by atoms with E-state index in [1.54, 1.807) is 6.92 Å². The number of nitrogens with zero attached hydrogens (tertiary/aromatic N) is 2. The van der Waals surface area contributed by atoms with E-state index in [1.165, 1.54) is 12.8 Å². The van der Waals surface area contributed by atoms with Crippen LogP contribution in [0.25, 0.3) is 0 Å². The summed E-state index contributed by atoms with van der Waals surface area (Å²) in [6.07, 6.45) is 5.45. The standard InChI is InChI=1S/C12H19N3O2/c1-9-11(17-8-14-9)12(16)15-7-3-2-4-10(15)5-6-13/h8,10H,2-7,13H2,1H3. The Hall–Kier alpha value is -1.36. The zero-order valence-corrected chi connectivity index (χ0v) is 10.2. The van der Waals surface area contributed by atoms with E-state index in [1.807, 2.05) is 4.90 Å². The molecule has 1 aromatic heterocycles. The van der Waals surface area contributed by atoms with Crippen LogP contribution in [-0.2, 0) is 0 Å². The second-order valence-electron chi connectivity index (χ2n) is 4.49. The van der Waals surface area contributed by atoms with Gasteiger partial charge in [-0.2, -0.15) is 0 Å². The predicted molar refractivity (Wildman–Crippen MR) is 63.6 cm³/mol. The molecule has 5 heteroatoms. The van der Waals surface area contributed by atoms with Crippen LogP contribution in [0, 0.1) is 6.92 Å². The van der Waals surface area contributed by atoms with Crippen molar-refractivity contribution in [3.63, 3.8) is 0 Å². The van der Waals surface area contributed by atoms with Gasteiger partial charge in [-0.15, -0.1) is 0 Å². The fourth-order valence-electron chi connectivity index (χ4n) is 2.40. The summed E-state index contributed by atoms with van der Waals surface area (Å²) < 4.78 is 5.17. The van der Waals surface area contributed by atoms with Gasteiger partial charge >= 0.3 is 0 Å². The number of aryl methyl sites for hydroxylation is 1. The number of rotatable bonds is 3. The Morgan fingerprint density at radius 1 is 1.65 bits per heavy atom. The molecule has 1 fully saturated rings. The van der Waals surface area contributed by atoms with Gasteiger partial charge in [0.1, 0.15) is 0 Å². The fraction of sp³-hybridized carbons (Fsp3) is 0.667. The quantitative estimate of drug-likeness (QED) is 0.860. The molecule has 0 saturated carbocycles. The van der Waals surface area contributed by atoms with Gasteiger partial charge in [0.2, 0.25) is 5.76 Å². The summed E-state index contributed by atoms with van der Waals surface area (Å²) in [5, 5.41) is 0. The molecule has 0 aromatic carbocycles. The number of piperidine rings is 1. The molecule has 1 saturated heterocycles. The molecule has 1 aliphatic heterocycles. The normalized spacial score (nSPS) is 20.6. The van der Waals surface area contributed by atoms with E-state index < -0.39 is 0 Å². The SMILES string of the molecule is Cc1ncoc1C(=O)N1CCCCC1CCN. The maximum Gasteiger partial charge on any atom is 0.291 e. The lowest BCUT2D eigenvalue weighted by molar-refractivity contribution is 0.0571. The highest BCUT2D eigenvalue weighted by atomic mass is 16.3. The third kappa shape index (κ3) is 2.49. The zero-order chi connectivity index (χ0) is 12.3. The summed E-state index contributed by atoms with van der Waals surface area (Å²) in [5.41, 5.74) is 6.26. The Morgan fingerprint density at radius 2 is 2.47 bits per heavy atom. The zero-order valence-electron chi connectivity index (χ0n) is 10.2. The van der Waals surface area contributed by atoms with Crippen LogP contribution in [0.15, 0.2) is 10.8 Å². The molecular weight excluding hydrogens is 218 g/mol. The van der Waals surface area contributed by atoms with Crippen LogP contribution in [0.2, 0.25) is 0 Å². The number of carbonyl (C=O) groups is 1. The number of amides is 1. The summed E-state index contributed by atoms with van der Waals surface area (Å²) in [7, 11) is 0. The smallest absolute Gasteiger partial charge is 0.291 e. The van der Waals surface area contributed by atoms with Crippen molar-refractivity contribution in [1.82, 2.24) is 9.88 Å². The van der Waals surface area contributed by atoms with Gasteiger partial charge < -0.3 is 15.1 Å². The molecule has 17 heavy (non-hydrogen) atoms. The van der Waals surface area contributed by atoms with Gasteiger partial charge in [-0.3, -0.25) is 4.79 Å². The fourth-order valence-corrected chi connectivity index (χ4v) is 2.40. The highest BCUT2D eigenvalue weighted by Gasteiger charge is 2.29. The van der Waals surface area contributed by atoms with Crippen LogP contribution in [0.4, 0.5) is 0 Å². The van der Waals surface area contributed by atoms with Crippen LogP contribution >= 0.6 is 0 Å². The molecule has 0 radical (unpaired) electrons. The van der Waals surface area contributed by atoms with Gasteiger partial charge in [0.25, 0.3) is 5.91 Å². The van der Waals surface area contributed by atoms with Crippen molar-refractivity contribution in [3.8, 4) is 0 Å². The van der Waals surface area contributed by atoms with Crippen molar-refractivity contribution < 1.29 is 9.21 Å².